The molecule has 1 N–H and O–H groups in total. The largest absolute Gasteiger partial charge is 0.481 e. The fourth-order valence-corrected chi connectivity index (χ4v) is 3.84. The first kappa shape index (κ1) is 20.2. The van der Waals surface area contributed by atoms with E-state index in [9.17, 15) is 4.79 Å². The molecule has 4 heteroatoms. The second-order valence-corrected chi connectivity index (χ2v) is 7.83. The lowest BCUT2D eigenvalue weighted by Gasteiger charge is -2.31. The molecule has 0 unspecified atom stereocenters. The van der Waals surface area contributed by atoms with Crippen LogP contribution in [0.2, 0.25) is 0 Å². The zero-order chi connectivity index (χ0) is 20.1. The molecular formula is C24H32N2O2. The highest BCUT2D eigenvalue weighted by atomic mass is 16.5. The number of para-hydroxylation sites is 1. The summed E-state index contributed by atoms with van der Waals surface area (Å²) in [6.45, 7) is 10.7. The lowest BCUT2D eigenvalue weighted by molar-refractivity contribution is -0.127. The minimum atomic E-state index is -0.504. The van der Waals surface area contributed by atoms with E-state index in [4.69, 9.17) is 4.74 Å². The van der Waals surface area contributed by atoms with E-state index in [1.54, 1.807) is 0 Å². The number of nitrogens with one attached hydrogen (secondary N) is 1. The van der Waals surface area contributed by atoms with Crippen LogP contribution in [0.4, 0.5) is 5.69 Å². The van der Waals surface area contributed by atoms with Gasteiger partial charge >= 0.3 is 0 Å². The number of carbonyl (C=O) groups is 1. The Hall–Kier alpha value is -2.49. The summed E-state index contributed by atoms with van der Waals surface area (Å²) >= 11 is 0. The summed E-state index contributed by atoms with van der Waals surface area (Å²) in [5.41, 5.74) is 6.21. The molecule has 1 atom stereocenters. The van der Waals surface area contributed by atoms with E-state index in [-0.39, 0.29) is 5.91 Å². The molecule has 0 bridgehead atoms. The predicted octanol–water partition coefficient (Wildman–Crippen LogP) is 4.34. The van der Waals surface area contributed by atoms with Gasteiger partial charge in [0.05, 0.1) is 0 Å². The van der Waals surface area contributed by atoms with Crippen molar-refractivity contribution in [2.45, 2.75) is 53.1 Å². The Morgan fingerprint density at radius 1 is 1.21 bits per heavy atom. The third-order valence-electron chi connectivity index (χ3n) is 5.55. The smallest absolute Gasteiger partial charge is 0.260 e. The summed E-state index contributed by atoms with van der Waals surface area (Å²) in [6.07, 6.45) is 2.78. The number of benzene rings is 2. The summed E-state index contributed by atoms with van der Waals surface area (Å²) in [5, 5.41) is 3.02. The number of anilines is 1. The number of rotatable bonds is 7. The molecule has 1 heterocycles. The molecule has 1 aliphatic heterocycles. The Morgan fingerprint density at radius 3 is 2.82 bits per heavy atom. The standard InChI is InChI=1S/C24H32N2O2/c1-17-15-18(2)19(3)23(16-17)28-20(4)24(27)25-12-8-14-26-13-7-10-21-9-5-6-11-22(21)26/h5-6,9,11,15-16,20H,7-8,10,12-14H2,1-4H3,(H,25,27)/t20-/m1/s1. The minimum Gasteiger partial charge on any atom is -0.481 e. The van der Waals surface area contributed by atoms with Crippen LogP contribution in [0.1, 0.15) is 42.0 Å². The van der Waals surface area contributed by atoms with E-state index >= 15 is 0 Å². The molecule has 0 aromatic heterocycles. The van der Waals surface area contributed by atoms with Gasteiger partial charge in [-0.25, -0.2) is 0 Å². The molecule has 0 fully saturated rings. The van der Waals surface area contributed by atoms with Crippen LogP contribution in [0.3, 0.4) is 0 Å². The van der Waals surface area contributed by atoms with Crippen LogP contribution in [-0.4, -0.2) is 31.6 Å². The quantitative estimate of drug-likeness (QED) is 0.727. The normalized spacial score (nSPS) is 14.4. The number of amides is 1. The molecule has 28 heavy (non-hydrogen) atoms. The Balaban J connectivity index is 1.46. The van der Waals surface area contributed by atoms with Gasteiger partial charge in [0.2, 0.25) is 0 Å². The molecule has 4 nitrogen and oxygen atoms in total. The summed E-state index contributed by atoms with van der Waals surface area (Å²) in [7, 11) is 0. The molecule has 2 aromatic rings. The Labute approximate surface area is 168 Å². The van der Waals surface area contributed by atoms with E-state index in [0.717, 1.165) is 42.8 Å². The summed E-state index contributed by atoms with van der Waals surface area (Å²) in [6, 6.07) is 12.8. The van der Waals surface area contributed by atoms with Crippen LogP contribution >= 0.6 is 0 Å². The van der Waals surface area contributed by atoms with E-state index in [0.29, 0.717) is 6.54 Å². The fraction of sp³-hybridized carbons (Fsp3) is 0.458. The monoisotopic (exact) mass is 380 g/mol. The van der Waals surface area contributed by atoms with Gasteiger partial charge in [0.25, 0.3) is 5.91 Å². The number of hydrogen-bond donors (Lipinski definition) is 1. The molecule has 0 saturated heterocycles. The van der Waals surface area contributed by atoms with Crippen molar-refractivity contribution in [1.82, 2.24) is 5.32 Å². The van der Waals surface area contributed by atoms with Crippen LogP contribution < -0.4 is 15.0 Å². The van der Waals surface area contributed by atoms with Crippen molar-refractivity contribution in [3.05, 3.63) is 58.7 Å². The summed E-state index contributed by atoms with van der Waals surface area (Å²) in [5.74, 6) is 0.739. The van der Waals surface area contributed by atoms with Gasteiger partial charge in [-0.1, -0.05) is 24.3 Å². The van der Waals surface area contributed by atoms with E-state index < -0.39 is 6.10 Å². The van der Waals surface area contributed by atoms with Crippen molar-refractivity contribution in [2.24, 2.45) is 0 Å². The Bertz CT molecular complexity index is 831. The average molecular weight is 381 g/mol. The van der Waals surface area contributed by atoms with Crippen molar-refractivity contribution in [1.29, 1.82) is 0 Å². The Kier molecular flexibility index (Phi) is 6.61. The Morgan fingerprint density at radius 2 is 2.00 bits per heavy atom. The maximum atomic E-state index is 12.4. The first-order chi connectivity index (χ1) is 13.5. The number of fused-ring (bicyclic) bond motifs is 1. The molecule has 3 rings (SSSR count). The van der Waals surface area contributed by atoms with E-state index in [2.05, 4.69) is 47.5 Å². The number of hydrogen-bond acceptors (Lipinski definition) is 3. The second kappa shape index (κ2) is 9.13. The van der Waals surface area contributed by atoms with Crippen LogP contribution in [0.15, 0.2) is 36.4 Å². The van der Waals surface area contributed by atoms with Gasteiger partial charge in [-0.2, -0.15) is 0 Å². The van der Waals surface area contributed by atoms with Gasteiger partial charge in [0, 0.05) is 25.3 Å². The van der Waals surface area contributed by atoms with Gasteiger partial charge in [0.1, 0.15) is 5.75 Å². The topological polar surface area (TPSA) is 41.6 Å². The zero-order valence-electron chi connectivity index (χ0n) is 17.5. The average Bonchev–Trinajstić information content (AvgIpc) is 2.68. The maximum absolute atomic E-state index is 12.4. The summed E-state index contributed by atoms with van der Waals surface area (Å²) in [4.78, 5) is 14.9. The third-order valence-corrected chi connectivity index (χ3v) is 5.55. The van der Waals surface area contributed by atoms with E-state index in [1.807, 2.05) is 26.8 Å². The molecule has 0 radical (unpaired) electrons. The van der Waals surface area contributed by atoms with E-state index in [1.165, 1.54) is 23.2 Å². The first-order valence-electron chi connectivity index (χ1n) is 10.3. The van der Waals surface area contributed by atoms with Crippen LogP contribution in [0.25, 0.3) is 0 Å². The highest BCUT2D eigenvalue weighted by Gasteiger charge is 2.18. The fourth-order valence-electron chi connectivity index (χ4n) is 3.84. The zero-order valence-corrected chi connectivity index (χ0v) is 17.5. The van der Waals surface area contributed by atoms with Gasteiger partial charge in [0.15, 0.2) is 6.10 Å². The second-order valence-electron chi connectivity index (χ2n) is 7.83. The number of nitrogens with zero attached hydrogens (tertiary/aromatic N) is 1. The third kappa shape index (κ3) is 4.86. The molecular weight excluding hydrogens is 348 g/mol. The number of aryl methyl sites for hydroxylation is 3. The van der Waals surface area contributed by atoms with Crippen molar-refractivity contribution in [3.63, 3.8) is 0 Å². The summed E-state index contributed by atoms with van der Waals surface area (Å²) < 4.78 is 5.94. The first-order valence-corrected chi connectivity index (χ1v) is 10.3. The van der Waals surface area contributed by atoms with Crippen LogP contribution in [0, 0.1) is 20.8 Å². The highest BCUT2D eigenvalue weighted by molar-refractivity contribution is 5.80. The van der Waals surface area contributed by atoms with Crippen LogP contribution in [-0.2, 0) is 11.2 Å². The molecule has 1 aliphatic rings. The van der Waals surface area contributed by atoms with Gasteiger partial charge in [-0.15, -0.1) is 0 Å². The molecule has 0 spiro atoms. The lowest BCUT2D eigenvalue weighted by atomic mass is 10.0. The molecule has 150 valence electrons. The molecule has 2 aromatic carbocycles. The van der Waals surface area contributed by atoms with Crippen molar-refractivity contribution in [2.75, 3.05) is 24.5 Å². The molecule has 1 amide bonds. The van der Waals surface area contributed by atoms with Crippen molar-refractivity contribution < 1.29 is 9.53 Å². The van der Waals surface area contributed by atoms with Crippen molar-refractivity contribution >= 4 is 11.6 Å². The lowest BCUT2D eigenvalue weighted by Crippen LogP contribution is -2.38. The molecule has 0 aliphatic carbocycles. The minimum absolute atomic E-state index is 0.0578. The number of ether oxygens (including phenoxy) is 1. The molecule has 0 saturated carbocycles. The number of carbonyl (C=O) groups excluding carboxylic acids is 1. The van der Waals surface area contributed by atoms with Crippen LogP contribution in [0.5, 0.6) is 5.75 Å². The van der Waals surface area contributed by atoms with Gasteiger partial charge in [-0.3, -0.25) is 4.79 Å². The van der Waals surface area contributed by atoms with Gasteiger partial charge in [-0.05, 0) is 81.3 Å². The predicted molar refractivity (Wildman–Crippen MR) is 115 cm³/mol. The SMILES string of the molecule is Cc1cc(C)c(C)c(O[C@H](C)C(=O)NCCCN2CCCc3ccccc32)c1. The van der Waals surface area contributed by atoms with Gasteiger partial charge < -0.3 is 15.0 Å². The highest BCUT2D eigenvalue weighted by Crippen LogP contribution is 2.26. The van der Waals surface area contributed by atoms with Crippen molar-refractivity contribution in [3.8, 4) is 5.75 Å². The maximum Gasteiger partial charge on any atom is 0.260 e.